The molecule has 1 aromatic carbocycles. The van der Waals surface area contributed by atoms with E-state index in [-0.39, 0.29) is 11.6 Å². The third-order valence-corrected chi connectivity index (χ3v) is 5.84. The summed E-state index contributed by atoms with van der Waals surface area (Å²) in [5.74, 6) is 0.437. The van der Waals surface area contributed by atoms with Crippen molar-refractivity contribution < 1.29 is 9.53 Å². The standard InChI is InChI=1S/C23H34N2O2/c1-16-8-11-20(25(15-16)21(26)27-22(2,3)4)18-9-10-19-17(14-18)12-13-24(7)23(19,5)6/h9-11,14,16H,8,12-13,15H2,1-7H3. The lowest BCUT2D eigenvalue weighted by atomic mass is 9.82. The van der Waals surface area contributed by atoms with Crippen LogP contribution < -0.4 is 0 Å². The molecule has 27 heavy (non-hydrogen) atoms. The monoisotopic (exact) mass is 370 g/mol. The van der Waals surface area contributed by atoms with Crippen LogP contribution in [-0.4, -0.2) is 41.6 Å². The molecule has 0 N–H and O–H groups in total. The van der Waals surface area contributed by atoms with Crippen LogP contribution in [0.4, 0.5) is 4.79 Å². The van der Waals surface area contributed by atoms with Gasteiger partial charge in [-0.15, -0.1) is 0 Å². The number of carbonyl (C=O) groups excluding carboxylic acids is 1. The molecule has 1 amide bonds. The number of rotatable bonds is 1. The molecule has 2 aliphatic heterocycles. The highest BCUT2D eigenvalue weighted by Crippen LogP contribution is 2.37. The molecule has 0 saturated carbocycles. The maximum absolute atomic E-state index is 12.8. The van der Waals surface area contributed by atoms with E-state index in [1.165, 1.54) is 11.1 Å². The van der Waals surface area contributed by atoms with Crippen LogP contribution in [-0.2, 0) is 16.7 Å². The van der Waals surface area contributed by atoms with E-state index in [4.69, 9.17) is 4.74 Å². The summed E-state index contributed by atoms with van der Waals surface area (Å²) in [4.78, 5) is 17.1. The lowest BCUT2D eigenvalue weighted by Gasteiger charge is -2.42. The second-order valence-electron chi connectivity index (χ2n) is 9.62. The molecule has 1 aromatic rings. The molecule has 0 spiro atoms. The normalized spacial score (nSPS) is 22.9. The predicted octanol–water partition coefficient (Wildman–Crippen LogP) is 5.03. The summed E-state index contributed by atoms with van der Waals surface area (Å²) in [5, 5.41) is 0. The van der Waals surface area contributed by atoms with Crippen LogP contribution in [0.2, 0.25) is 0 Å². The number of nitrogens with zero attached hydrogens (tertiary/aromatic N) is 2. The van der Waals surface area contributed by atoms with Crippen molar-refractivity contribution >= 4 is 11.8 Å². The molecule has 0 bridgehead atoms. The largest absolute Gasteiger partial charge is 0.443 e. The molecule has 2 heterocycles. The van der Waals surface area contributed by atoms with Crippen molar-refractivity contribution in [1.82, 2.24) is 9.80 Å². The van der Waals surface area contributed by atoms with Crippen LogP contribution >= 0.6 is 0 Å². The molecule has 1 unspecified atom stereocenters. The fraction of sp³-hybridized carbons (Fsp3) is 0.609. The topological polar surface area (TPSA) is 32.8 Å². The second-order valence-corrected chi connectivity index (χ2v) is 9.62. The van der Waals surface area contributed by atoms with E-state index in [1.807, 2.05) is 25.7 Å². The van der Waals surface area contributed by atoms with Gasteiger partial charge in [-0.3, -0.25) is 9.80 Å². The van der Waals surface area contributed by atoms with E-state index in [9.17, 15) is 4.79 Å². The number of likely N-dealkylation sites (N-methyl/N-ethyl adjacent to an activating group) is 1. The van der Waals surface area contributed by atoms with Crippen LogP contribution in [0.1, 0.15) is 64.7 Å². The first-order valence-corrected chi connectivity index (χ1v) is 10.0. The van der Waals surface area contributed by atoms with E-state index < -0.39 is 5.60 Å². The first kappa shape index (κ1) is 19.9. The zero-order valence-electron chi connectivity index (χ0n) is 17.9. The average molecular weight is 371 g/mol. The molecule has 0 saturated heterocycles. The van der Waals surface area contributed by atoms with Gasteiger partial charge in [0.2, 0.25) is 0 Å². The van der Waals surface area contributed by atoms with E-state index in [0.717, 1.165) is 30.6 Å². The summed E-state index contributed by atoms with van der Waals surface area (Å²) in [7, 11) is 2.19. The minimum Gasteiger partial charge on any atom is -0.443 e. The SMILES string of the molecule is CC1CC=C(c2ccc3c(c2)CCN(C)C3(C)C)N(C(=O)OC(C)(C)C)C1. The van der Waals surface area contributed by atoms with Crippen LogP contribution in [0.5, 0.6) is 0 Å². The molecule has 0 fully saturated rings. The highest BCUT2D eigenvalue weighted by atomic mass is 16.6. The molecule has 0 aromatic heterocycles. The smallest absolute Gasteiger partial charge is 0.414 e. The van der Waals surface area contributed by atoms with Crippen LogP contribution in [0.25, 0.3) is 5.70 Å². The Balaban J connectivity index is 1.95. The summed E-state index contributed by atoms with van der Waals surface area (Å²) < 4.78 is 5.68. The maximum atomic E-state index is 12.8. The fourth-order valence-electron chi connectivity index (χ4n) is 4.00. The zero-order valence-corrected chi connectivity index (χ0v) is 17.9. The van der Waals surface area contributed by atoms with E-state index >= 15 is 0 Å². The summed E-state index contributed by atoms with van der Waals surface area (Å²) in [6.45, 7) is 14.2. The van der Waals surface area contributed by atoms with Gasteiger partial charge in [0.1, 0.15) is 5.60 Å². The van der Waals surface area contributed by atoms with Gasteiger partial charge in [-0.25, -0.2) is 4.79 Å². The number of hydrogen-bond donors (Lipinski definition) is 0. The van der Waals surface area contributed by atoms with Crippen molar-refractivity contribution in [2.45, 2.75) is 65.5 Å². The van der Waals surface area contributed by atoms with Crippen molar-refractivity contribution in [2.75, 3.05) is 20.1 Å². The number of allylic oxidation sites excluding steroid dienone is 1. The Morgan fingerprint density at radius 1 is 1.26 bits per heavy atom. The van der Waals surface area contributed by atoms with Gasteiger partial charge in [0.05, 0.1) is 5.70 Å². The van der Waals surface area contributed by atoms with Gasteiger partial charge in [-0.05, 0) is 83.2 Å². The van der Waals surface area contributed by atoms with Gasteiger partial charge in [-0.1, -0.05) is 25.1 Å². The average Bonchev–Trinajstić information content (AvgIpc) is 2.56. The number of amides is 1. The van der Waals surface area contributed by atoms with E-state index in [1.54, 1.807) is 0 Å². The Morgan fingerprint density at radius 3 is 2.63 bits per heavy atom. The van der Waals surface area contributed by atoms with Crippen LogP contribution in [0.15, 0.2) is 24.3 Å². The Bertz CT molecular complexity index is 758. The Labute approximate surface area is 164 Å². The van der Waals surface area contributed by atoms with Crippen molar-refractivity contribution in [1.29, 1.82) is 0 Å². The van der Waals surface area contributed by atoms with Crippen LogP contribution in [0.3, 0.4) is 0 Å². The zero-order chi connectivity index (χ0) is 20.0. The molecular formula is C23H34N2O2. The third-order valence-electron chi connectivity index (χ3n) is 5.84. The first-order chi connectivity index (χ1) is 12.5. The third kappa shape index (κ3) is 4.06. The van der Waals surface area contributed by atoms with Gasteiger partial charge >= 0.3 is 6.09 Å². The minimum absolute atomic E-state index is 0.0342. The molecular weight excluding hydrogens is 336 g/mol. The van der Waals surface area contributed by atoms with Crippen molar-refractivity contribution in [2.24, 2.45) is 5.92 Å². The lowest BCUT2D eigenvalue weighted by molar-refractivity contribution is 0.0327. The molecule has 0 radical (unpaired) electrons. The van der Waals surface area contributed by atoms with Gasteiger partial charge < -0.3 is 4.74 Å². The lowest BCUT2D eigenvalue weighted by Crippen LogP contribution is -2.44. The summed E-state index contributed by atoms with van der Waals surface area (Å²) in [6.07, 6.45) is 3.97. The second kappa shape index (κ2) is 6.97. The molecule has 3 rings (SSSR count). The van der Waals surface area contributed by atoms with E-state index in [2.05, 4.69) is 57.0 Å². The number of hydrogen-bond acceptors (Lipinski definition) is 3. The van der Waals surface area contributed by atoms with Crippen molar-refractivity contribution in [3.05, 3.63) is 41.0 Å². The molecule has 2 aliphatic rings. The predicted molar refractivity (Wildman–Crippen MR) is 111 cm³/mol. The maximum Gasteiger partial charge on any atom is 0.414 e. The molecule has 4 heteroatoms. The summed E-state index contributed by atoms with van der Waals surface area (Å²) >= 11 is 0. The molecule has 4 nitrogen and oxygen atoms in total. The highest BCUT2D eigenvalue weighted by molar-refractivity contribution is 5.83. The molecule has 1 atom stereocenters. The number of carbonyl (C=O) groups is 1. The quantitative estimate of drug-likeness (QED) is 0.695. The van der Waals surface area contributed by atoms with Gasteiger partial charge in [0.25, 0.3) is 0 Å². The first-order valence-electron chi connectivity index (χ1n) is 10.0. The Hall–Kier alpha value is -1.81. The van der Waals surface area contributed by atoms with Gasteiger partial charge in [0.15, 0.2) is 0 Å². The van der Waals surface area contributed by atoms with Crippen LogP contribution in [0, 0.1) is 5.92 Å². The van der Waals surface area contributed by atoms with Gasteiger partial charge in [0, 0.05) is 18.6 Å². The van der Waals surface area contributed by atoms with Crippen molar-refractivity contribution in [3.63, 3.8) is 0 Å². The Kier molecular flexibility index (Phi) is 5.15. The fourth-order valence-corrected chi connectivity index (χ4v) is 4.00. The molecule has 0 aliphatic carbocycles. The number of benzene rings is 1. The van der Waals surface area contributed by atoms with Gasteiger partial charge in [-0.2, -0.15) is 0 Å². The summed E-state index contributed by atoms with van der Waals surface area (Å²) in [5.41, 5.74) is 4.42. The van der Waals surface area contributed by atoms with Crippen molar-refractivity contribution in [3.8, 4) is 0 Å². The number of fused-ring (bicyclic) bond motifs is 1. The minimum atomic E-state index is -0.493. The molecule has 148 valence electrons. The van der Waals surface area contributed by atoms with E-state index in [0.29, 0.717) is 12.5 Å². The number of ether oxygens (including phenoxy) is 1. The highest BCUT2D eigenvalue weighted by Gasteiger charge is 2.33. The summed E-state index contributed by atoms with van der Waals surface area (Å²) in [6, 6.07) is 6.69. The Morgan fingerprint density at radius 2 is 1.96 bits per heavy atom.